The van der Waals surface area contributed by atoms with Gasteiger partial charge in [0.15, 0.2) is 0 Å². The average molecular weight is 281 g/mol. The Labute approximate surface area is 119 Å². The number of methoxy groups -OCH3 is 1. The molecule has 0 bridgehead atoms. The quantitative estimate of drug-likeness (QED) is 0.841. The van der Waals surface area contributed by atoms with Crippen LogP contribution in [0.5, 0.6) is 5.88 Å². The molecule has 1 aromatic heterocycles. The number of amides is 1. The Morgan fingerprint density at radius 3 is 2.70 bits per heavy atom. The smallest absolute Gasteiger partial charge is 0.252 e. The first-order chi connectivity index (χ1) is 9.51. The predicted molar refractivity (Wildman–Crippen MR) is 74.4 cm³/mol. The highest BCUT2D eigenvalue weighted by molar-refractivity contribution is 5.85. The highest BCUT2D eigenvalue weighted by Crippen LogP contribution is 2.30. The van der Waals surface area contributed by atoms with Gasteiger partial charge in [0.05, 0.1) is 24.9 Å². The van der Waals surface area contributed by atoms with Crippen molar-refractivity contribution in [3.63, 3.8) is 0 Å². The van der Waals surface area contributed by atoms with Gasteiger partial charge < -0.3 is 15.2 Å². The Hall–Kier alpha value is -1.56. The van der Waals surface area contributed by atoms with Crippen LogP contribution in [0.1, 0.15) is 43.9 Å². The van der Waals surface area contributed by atoms with Crippen LogP contribution < -0.4 is 10.1 Å². The Kier molecular flexibility index (Phi) is 4.32. The molecule has 0 atom stereocenters. The number of ether oxygens (including phenoxy) is 1. The summed E-state index contributed by atoms with van der Waals surface area (Å²) in [4.78, 5) is 12.1. The van der Waals surface area contributed by atoms with Crippen molar-refractivity contribution in [1.29, 1.82) is 0 Å². The Morgan fingerprint density at radius 1 is 1.50 bits per heavy atom. The molecule has 0 aromatic carbocycles. The fourth-order valence-corrected chi connectivity index (χ4v) is 2.84. The molecular weight excluding hydrogens is 258 g/mol. The Morgan fingerprint density at radius 2 is 2.15 bits per heavy atom. The summed E-state index contributed by atoms with van der Waals surface area (Å²) in [6.07, 6.45) is 3.67. The highest BCUT2D eigenvalue weighted by atomic mass is 16.5. The lowest BCUT2D eigenvalue weighted by atomic mass is 10.0. The lowest BCUT2D eigenvalue weighted by Gasteiger charge is -2.21. The largest absolute Gasteiger partial charge is 0.481 e. The molecule has 6 heteroatoms. The molecule has 6 nitrogen and oxygen atoms in total. The first-order valence-electron chi connectivity index (χ1n) is 7.11. The molecule has 1 amide bonds. The third-order valence-corrected chi connectivity index (χ3v) is 3.98. The molecule has 0 saturated heterocycles. The van der Waals surface area contributed by atoms with Gasteiger partial charge in [-0.2, -0.15) is 5.10 Å². The zero-order valence-electron chi connectivity index (χ0n) is 12.4. The summed E-state index contributed by atoms with van der Waals surface area (Å²) in [6.45, 7) is 2.35. The molecule has 112 valence electrons. The second-order valence-electron chi connectivity index (χ2n) is 5.33. The van der Waals surface area contributed by atoms with E-state index < -0.39 is 5.60 Å². The number of aryl methyl sites for hydroxylation is 2. The normalized spacial score (nSPS) is 17.2. The monoisotopic (exact) mass is 281 g/mol. The maximum atomic E-state index is 12.1. The molecule has 0 unspecified atom stereocenters. The zero-order chi connectivity index (χ0) is 14.8. The molecule has 20 heavy (non-hydrogen) atoms. The SMILES string of the molecule is CCc1nn(C)c(OC)c1CNC(=O)C1(O)CCCC1. The molecule has 1 aliphatic carbocycles. The molecule has 2 N–H and O–H groups in total. The summed E-state index contributed by atoms with van der Waals surface area (Å²) in [5, 5.41) is 17.4. The van der Waals surface area contributed by atoms with Gasteiger partial charge in [0, 0.05) is 7.05 Å². The molecule has 1 heterocycles. The van der Waals surface area contributed by atoms with E-state index >= 15 is 0 Å². The van der Waals surface area contributed by atoms with Crippen molar-refractivity contribution in [2.45, 2.75) is 51.2 Å². The number of nitrogens with one attached hydrogen (secondary N) is 1. The van der Waals surface area contributed by atoms with Crippen molar-refractivity contribution in [1.82, 2.24) is 15.1 Å². The van der Waals surface area contributed by atoms with Gasteiger partial charge in [-0.15, -0.1) is 0 Å². The van der Waals surface area contributed by atoms with E-state index in [4.69, 9.17) is 4.74 Å². The van der Waals surface area contributed by atoms with Crippen molar-refractivity contribution in [3.05, 3.63) is 11.3 Å². The second-order valence-corrected chi connectivity index (χ2v) is 5.33. The van der Waals surface area contributed by atoms with Crippen LogP contribution in [0.15, 0.2) is 0 Å². The third-order valence-electron chi connectivity index (χ3n) is 3.98. The number of nitrogens with zero attached hydrogens (tertiary/aromatic N) is 2. The van der Waals surface area contributed by atoms with Gasteiger partial charge in [0.1, 0.15) is 5.60 Å². The minimum atomic E-state index is -1.19. The molecule has 0 spiro atoms. The van der Waals surface area contributed by atoms with E-state index in [-0.39, 0.29) is 5.91 Å². The van der Waals surface area contributed by atoms with Gasteiger partial charge in [0.2, 0.25) is 5.88 Å². The Bertz CT molecular complexity index is 490. The van der Waals surface area contributed by atoms with E-state index in [2.05, 4.69) is 10.4 Å². The number of hydrogen-bond acceptors (Lipinski definition) is 4. The summed E-state index contributed by atoms with van der Waals surface area (Å²) >= 11 is 0. The molecule has 1 fully saturated rings. The minimum Gasteiger partial charge on any atom is -0.481 e. The van der Waals surface area contributed by atoms with E-state index in [1.807, 2.05) is 14.0 Å². The maximum Gasteiger partial charge on any atom is 0.252 e. The van der Waals surface area contributed by atoms with Gasteiger partial charge in [-0.05, 0) is 32.1 Å². The van der Waals surface area contributed by atoms with Gasteiger partial charge in [-0.25, -0.2) is 4.68 Å². The van der Waals surface area contributed by atoms with Crippen LogP contribution in [-0.4, -0.2) is 33.5 Å². The van der Waals surface area contributed by atoms with Crippen LogP contribution in [0.2, 0.25) is 0 Å². The summed E-state index contributed by atoms with van der Waals surface area (Å²) in [7, 11) is 3.40. The topological polar surface area (TPSA) is 76.4 Å². The fourth-order valence-electron chi connectivity index (χ4n) is 2.84. The number of aliphatic hydroxyl groups is 1. The first-order valence-corrected chi connectivity index (χ1v) is 7.11. The zero-order valence-corrected chi connectivity index (χ0v) is 12.4. The maximum absolute atomic E-state index is 12.1. The molecule has 1 aliphatic rings. The van der Waals surface area contributed by atoms with E-state index in [1.54, 1.807) is 11.8 Å². The summed E-state index contributed by atoms with van der Waals surface area (Å²) in [5.41, 5.74) is 0.595. The summed E-state index contributed by atoms with van der Waals surface area (Å²) in [6, 6.07) is 0. The summed E-state index contributed by atoms with van der Waals surface area (Å²) < 4.78 is 7.00. The first kappa shape index (κ1) is 14.8. The lowest BCUT2D eigenvalue weighted by molar-refractivity contribution is -0.139. The van der Waals surface area contributed by atoms with Gasteiger partial charge in [-0.1, -0.05) is 6.92 Å². The number of carbonyl (C=O) groups excluding carboxylic acids is 1. The van der Waals surface area contributed by atoms with Crippen molar-refractivity contribution < 1.29 is 14.6 Å². The fraction of sp³-hybridized carbons (Fsp3) is 0.714. The second kappa shape index (κ2) is 5.83. The van der Waals surface area contributed by atoms with Gasteiger partial charge >= 0.3 is 0 Å². The number of rotatable bonds is 5. The van der Waals surface area contributed by atoms with Gasteiger partial charge in [-0.3, -0.25) is 4.79 Å². The van der Waals surface area contributed by atoms with Crippen LogP contribution in [0.25, 0.3) is 0 Å². The number of carbonyl (C=O) groups is 1. The molecular formula is C14H23N3O3. The minimum absolute atomic E-state index is 0.289. The van der Waals surface area contributed by atoms with Crippen molar-refractivity contribution in [2.75, 3.05) is 7.11 Å². The summed E-state index contributed by atoms with van der Waals surface area (Å²) in [5.74, 6) is 0.364. The van der Waals surface area contributed by atoms with Crippen LogP contribution in [0.4, 0.5) is 0 Å². The standard InChI is InChI=1S/C14H23N3O3/c1-4-11-10(12(20-3)17(2)16-11)9-15-13(18)14(19)7-5-6-8-14/h19H,4-9H2,1-3H3,(H,15,18). The van der Waals surface area contributed by atoms with Crippen molar-refractivity contribution in [3.8, 4) is 5.88 Å². The van der Waals surface area contributed by atoms with E-state index in [9.17, 15) is 9.90 Å². The third kappa shape index (κ3) is 2.65. The number of aromatic nitrogens is 2. The van der Waals surface area contributed by atoms with E-state index in [0.29, 0.717) is 25.3 Å². The molecule has 1 aromatic rings. The Balaban J connectivity index is 2.09. The average Bonchev–Trinajstić information content (AvgIpc) is 3.00. The molecule has 0 aliphatic heterocycles. The van der Waals surface area contributed by atoms with Gasteiger partial charge in [0.25, 0.3) is 5.91 Å². The molecule has 1 saturated carbocycles. The molecule has 0 radical (unpaired) electrons. The number of hydrogen-bond donors (Lipinski definition) is 2. The van der Waals surface area contributed by atoms with E-state index in [0.717, 1.165) is 30.5 Å². The van der Waals surface area contributed by atoms with Crippen molar-refractivity contribution >= 4 is 5.91 Å². The predicted octanol–water partition coefficient (Wildman–Crippen LogP) is 0.912. The lowest BCUT2D eigenvalue weighted by Crippen LogP contribution is -2.44. The highest BCUT2D eigenvalue weighted by Gasteiger charge is 2.38. The van der Waals surface area contributed by atoms with Crippen LogP contribution in [-0.2, 0) is 24.8 Å². The van der Waals surface area contributed by atoms with Crippen LogP contribution in [0.3, 0.4) is 0 Å². The van der Waals surface area contributed by atoms with Crippen molar-refractivity contribution in [2.24, 2.45) is 7.05 Å². The van der Waals surface area contributed by atoms with Crippen LogP contribution >= 0.6 is 0 Å². The molecule has 2 rings (SSSR count). The van der Waals surface area contributed by atoms with Crippen LogP contribution in [0, 0.1) is 0 Å². The van der Waals surface area contributed by atoms with E-state index in [1.165, 1.54) is 0 Å².